The zero-order valence-corrected chi connectivity index (χ0v) is 39.3. The quantitative estimate of drug-likeness (QED) is 0.0149. The molecule has 0 aromatic heterocycles. The summed E-state index contributed by atoms with van der Waals surface area (Å²) in [4.78, 5) is 46.1. The molecule has 356 valence electrons. The van der Waals surface area contributed by atoms with Gasteiger partial charge < -0.3 is 30.3 Å². The van der Waals surface area contributed by atoms with Crippen molar-refractivity contribution in [3.8, 4) is 0 Å². The first-order valence-corrected chi connectivity index (χ1v) is 25.6. The van der Waals surface area contributed by atoms with Crippen LogP contribution in [0, 0.1) is 0 Å². The standard InChI is InChI=1S/C48H88NO11P/c1-3-5-7-9-11-13-15-17-18-19-20-21-22-24-26-28-30-32-34-38-47(52)60-44(41-58-61(55,56)59-42-45(49)48(53)54)40-57-46(51)39-35-37-43(50)36-33-31-29-27-25-23-16-14-12-10-8-6-4-2/h23,25,29,31,33,36,43-45,50H,3-22,24,26-28,30,32,34-35,37-42,49H2,1-2H3,(H,53,54)(H,55,56)/b25-23+,31-29+,36-33+/t43?,44-,45+/m1/s1. The van der Waals surface area contributed by atoms with E-state index in [9.17, 15) is 28.9 Å². The Morgan fingerprint density at radius 1 is 0.590 bits per heavy atom. The number of phosphoric acid groups is 1. The Labute approximate surface area is 370 Å². The van der Waals surface area contributed by atoms with Crippen molar-refractivity contribution in [1.82, 2.24) is 0 Å². The minimum Gasteiger partial charge on any atom is -0.480 e. The highest BCUT2D eigenvalue weighted by atomic mass is 31.2. The van der Waals surface area contributed by atoms with Crippen LogP contribution in [0.1, 0.15) is 213 Å². The van der Waals surface area contributed by atoms with Crippen molar-refractivity contribution < 1.29 is 52.6 Å². The number of nitrogens with two attached hydrogens (primary N) is 1. The monoisotopic (exact) mass is 886 g/mol. The van der Waals surface area contributed by atoms with Gasteiger partial charge in [0.05, 0.1) is 19.3 Å². The first-order chi connectivity index (χ1) is 29.5. The molecule has 5 N–H and O–H groups in total. The maximum absolute atomic E-state index is 12.7. The molecule has 0 bridgehead atoms. The lowest BCUT2D eigenvalue weighted by molar-refractivity contribution is -0.161. The first kappa shape index (κ1) is 58.7. The summed E-state index contributed by atoms with van der Waals surface area (Å²) < 4.78 is 32.6. The van der Waals surface area contributed by atoms with Gasteiger partial charge in [0, 0.05) is 12.8 Å². The molecule has 2 unspecified atom stereocenters. The van der Waals surface area contributed by atoms with Gasteiger partial charge in [0.15, 0.2) is 6.10 Å². The van der Waals surface area contributed by atoms with Crippen LogP contribution in [-0.2, 0) is 37.5 Å². The lowest BCUT2D eigenvalue weighted by Crippen LogP contribution is -2.34. The molecule has 0 saturated heterocycles. The molecule has 0 radical (unpaired) electrons. The number of hydrogen-bond acceptors (Lipinski definition) is 10. The van der Waals surface area contributed by atoms with Gasteiger partial charge in [0.2, 0.25) is 0 Å². The molecule has 0 aliphatic carbocycles. The van der Waals surface area contributed by atoms with Crippen molar-refractivity contribution in [1.29, 1.82) is 0 Å². The Bertz CT molecular complexity index is 1190. The van der Waals surface area contributed by atoms with Gasteiger partial charge >= 0.3 is 25.7 Å². The molecule has 0 aliphatic heterocycles. The number of aliphatic hydroxyl groups excluding tert-OH is 1. The lowest BCUT2D eigenvalue weighted by Gasteiger charge is -2.20. The number of carbonyl (C=O) groups is 3. The number of carboxylic acid groups (broad SMARTS) is 1. The van der Waals surface area contributed by atoms with Gasteiger partial charge in [-0.15, -0.1) is 0 Å². The van der Waals surface area contributed by atoms with E-state index in [4.69, 9.17) is 24.8 Å². The van der Waals surface area contributed by atoms with Crippen molar-refractivity contribution in [3.63, 3.8) is 0 Å². The maximum atomic E-state index is 12.7. The number of aliphatic hydroxyl groups is 1. The second-order valence-corrected chi connectivity index (χ2v) is 17.9. The average Bonchev–Trinajstić information content (AvgIpc) is 3.23. The molecule has 0 saturated carbocycles. The van der Waals surface area contributed by atoms with Crippen LogP contribution in [-0.4, -0.2) is 71.1 Å². The van der Waals surface area contributed by atoms with E-state index in [0.29, 0.717) is 19.3 Å². The molecule has 0 aliphatic rings. The molecular formula is C48H88NO11P. The van der Waals surface area contributed by atoms with Gasteiger partial charge in [-0.1, -0.05) is 198 Å². The molecule has 13 heteroatoms. The summed E-state index contributed by atoms with van der Waals surface area (Å²) in [7, 11) is -4.76. The number of carbonyl (C=O) groups excluding carboxylic acids is 2. The molecule has 0 fully saturated rings. The summed E-state index contributed by atoms with van der Waals surface area (Å²) in [5.74, 6) is -2.59. The van der Waals surface area contributed by atoms with Crippen molar-refractivity contribution in [2.75, 3.05) is 19.8 Å². The summed E-state index contributed by atoms with van der Waals surface area (Å²) in [5.41, 5.74) is 5.33. The van der Waals surface area contributed by atoms with Crippen LogP contribution in [0.4, 0.5) is 0 Å². The van der Waals surface area contributed by atoms with Crippen LogP contribution < -0.4 is 5.73 Å². The topological polar surface area (TPSA) is 192 Å². The lowest BCUT2D eigenvalue weighted by atomic mass is 10.0. The minimum absolute atomic E-state index is 0.000298. The van der Waals surface area contributed by atoms with E-state index in [1.165, 1.54) is 135 Å². The Morgan fingerprint density at radius 3 is 1.59 bits per heavy atom. The fraction of sp³-hybridized carbons (Fsp3) is 0.812. The Kier molecular flexibility index (Phi) is 41.3. The first-order valence-electron chi connectivity index (χ1n) is 24.1. The van der Waals surface area contributed by atoms with E-state index >= 15 is 0 Å². The number of allylic oxidation sites excluding steroid dienone is 5. The van der Waals surface area contributed by atoms with Gasteiger partial charge in [-0.3, -0.25) is 23.4 Å². The summed E-state index contributed by atoms with van der Waals surface area (Å²) >= 11 is 0. The van der Waals surface area contributed by atoms with Crippen LogP contribution in [0.25, 0.3) is 0 Å². The second-order valence-electron chi connectivity index (χ2n) is 16.4. The fourth-order valence-electron chi connectivity index (χ4n) is 6.66. The summed E-state index contributed by atoms with van der Waals surface area (Å²) in [6, 6.07) is -1.55. The van der Waals surface area contributed by atoms with Crippen LogP contribution in [0.2, 0.25) is 0 Å². The van der Waals surface area contributed by atoms with Crippen LogP contribution in [0.3, 0.4) is 0 Å². The van der Waals surface area contributed by atoms with Gasteiger partial charge in [0.1, 0.15) is 12.6 Å². The third-order valence-electron chi connectivity index (χ3n) is 10.5. The minimum atomic E-state index is -4.76. The molecule has 61 heavy (non-hydrogen) atoms. The molecule has 4 atom stereocenters. The molecular weight excluding hydrogens is 797 g/mol. The van der Waals surface area contributed by atoms with Crippen molar-refractivity contribution in [2.24, 2.45) is 5.73 Å². The van der Waals surface area contributed by atoms with Crippen LogP contribution in [0.5, 0.6) is 0 Å². The predicted molar refractivity (Wildman–Crippen MR) is 246 cm³/mol. The smallest absolute Gasteiger partial charge is 0.472 e. The van der Waals surface area contributed by atoms with Gasteiger partial charge in [-0.2, -0.15) is 0 Å². The van der Waals surface area contributed by atoms with E-state index in [0.717, 1.165) is 32.1 Å². The van der Waals surface area contributed by atoms with E-state index in [2.05, 4.69) is 30.5 Å². The summed E-state index contributed by atoms with van der Waals surface area (Å²) in [6.45, 7) is 2.63. The number of unbranched alkanes of at least 4 members (excludes halogenated alkanes) is 24. The number of phosphoric ester groups is 1. The van der Waals surface area contributed by atoms with Crippen molar-refractivity contribution in [3.05, 3.63) is 36.5 Å². The normalized spacial score (nSPS) is 14.4. The zero-order valence-electron chi connectivity index (χ0n) is 38.4. The van der Waals surface area contributed by atoms with Crippen molar-refractivity contribution >= 4 is 25.7 Å². The van der Waals surface area contributed by atoms with Gasteiger partial charge in [-0.25, -0.2) is 4.57 Å². The number of aliphatic carboxylic acids is 1. The number of carboxylic acids is 1. The Hall–Kier alpha value is -2.34. The van der Waals surface area contributed by atoms with E-state index in [-0.39, 0.29) is 12.8 Å². The third-order valence-corrected chi connectivity index (χ3v) is 11.4. The number of rotatable bonds is 45. The molecule has 0 aromatic rings. The SMILES string of the molecule is CCCCCCCC/C=C/C/C=C/C=C/C(O)CCCC(=O)OC[C@H](COP(=O)(O)OC[C@H](N)C(=O)O)OC(=O)CCCCCCCCCCCCCCCCCCCCC. The van der Waals surface area contributed by atoms with E-state index in [1.54, 1.807) is 12.2 Å². The molecule has 0 rings (SSSR count). The van der Waals surface area contributed by atoms with Gasteiger partial charge in [0.25, 0.3) is 0 Å². The second kappa shape index (κ2) is 42.9. The third kappa shape index (κ3) is 42.7. The molecule has 0 amide bonds. The number of hydrogen-bond donors (Lipinski definition) is 4. The molecule has 0 heterocycles. The Balaban J connectivity index is 4.43. The number of esters is 2. The summed E-state index contributed by atoms with van der Waals surface area (Å²) in [6.07, 6.45) is 43.8. The molecule has 0 aromatic carbocycles. The largest absolute Gasteiger partial charge is 0.480 e. The van der Waals surface area contributed by atoms with Crippen molar-refractivity contribution in [2.45, 2.75) is 231 Å². The van der Waals surface area contributed by atoms with Crippen LogP contribution >= 0.6 is 7.82 Å². The zero-order chi connectivity index (χ0) is 45.1. The van der Waals surface area contributed by atoms with E-state index in [1.807, 2.05) is 12.2 Å². The molecule has 12 nitrogen and oxygen atoms in total. The average molecular weight is 886 g/mol. The Morgan fingerprint density at radius 2 is 1.07 bits per heavy atom. The number of ether oxygens (including phenoxy) is 2. The van der Waals surface area contributed by atoms with E-state index < -0.39 is 63.8 Å². The highest BCUT2D eigenvalue weighted by molar-refractivity contribution is 7.47. The summed E-state index contributed by atoms with van der Waals surface area (Å²) in [5, 5.41) is 19.2. The molecule has 0 spiro atoms. The van der Waals surface area contributed by atoms with Gasteiger partial charge in [-0.05, 0) is 38.5 Å². The highest BCUT2D eigenvalue weighted by Gasteiger charge is 2.28. The maximum Gasteiger partial charge on any atom is 0.472 e. The highest BCUT2D eigenvalue weighted by Crippen LogP contribution is 2.43. The van der Waals surface area contributed by atoms with Crippen LogP contribution in [0.15, 0.2) is 36.5 Å². The fourth-order valence-corrected chi connectivity index (χ4v) is 7.44. The predicted octanol–water partition coefficient (Wildman–Crippen LogP) is 12.1.